The number of hydrogen-bond donors (Lipinski definition) is 0. The third-order valence-corrected chi connectivity index (χ3v) is 7.12. The quantitative estimate of drug-likeness (QED) is 0.369. The van der Waals surface area contributed by atoms with Gasteiger partial charge < -0.3 is 9.64 Å². The smallest absolute Gasteiger partial charge is 0.309 e. The second kappa shape index (κ2) is 10.9. The van der Waals surface area contributed by atoms with E-state index in [4.69, 9.17) is 4.74 Å². The van der Waals surface area contributed by atoms with Crippen LogP contribution in [0.15, 0.2) is 53.7 Å². The second-order valence-corrected chi connectivity index (χ2v) is 9.41. The van der Waals surface area contributed by atoms with Gasteiger partial charge in [-0.05, 0) is 56.9 Å². The van der Waals surface area contributed by atoms with E-state index in [-0.39, 0.29) is 23.5 Å². The minimum Gasteiger partial charge on any atom is -0.466 e. The SMILES string of the molecule is CCOC(=O)C1CCN(C(=O)CSc2nnc(-c3ccccc3)n2-c2ccc(C)c(C)c2)CC1. The Balaban J connectivity index is 1.50. The van der Waals surface area contributed by atoms with E-state index in [1.54, 1.807) is 0 Å². The number of esters is 1. The molecule has 2 aromatic carbocycles. The van der Waals surface area contributed by atoms with Crippen LogP contribution in [0.1, 0.15) is 30.9 Å². The number of amides is 1. The van der Waals surface area contributed by atoms with Crippen molar-refractivity contribution < 1.29 is 14.3 Å². The summed E-state index contributed by atoms with van der Waals surface area (Å²) in [6, 6.07) is 16.2. The molecule has 178 valence electrons. The first-order valence-corrected chi connectivity index (χ1v) is 12.6. The number of hydrogen-bond acceptors (Lipinski definition) is 6. The summed E-state index contributed by atoms with van der Waals surface area (Å²) in [5.74, 6) is 0.788. The Kier molecular flexibility index (Phi) is 7.67. The standard InChI is InChI=1S/C26H30N4O3S/c1-4-33-25(32)21-12-14-29(15-13-21)23(31)17-34-26-28-27-24(20-8-6-5-7-9-20)30(26)22-11-10-18(2)19(3)16-22/h5-11,16,21H,4,12-15,17H2,1-3H3. The first-order chi connectivity index (χ1) is 16.5. The second-order valence-electron chi connectivity index (χ2n) is 8.47. The Morgan fingerprint density at radius 1 is 1.03 bits per heavy atom. The molecule has 4 rings (SSSR count). The molecular weight excluding hydrogens is 448 g/mol. The van der Waals surface area contributed by atoms with Crippen molar-refractivity contribution in [2.75, 3.05) is 25.4 Å². The molecule has 1 fully saturated rings. The molecule has 0 aliphatic carbocycles. The van der Waals surface area contributed by atoms with Crippen LogP contribution in [0, 0.1) is 19.8 Å². The van der Waals surface area contributed by atoms with Crippen LogP contribution in [0.25, 0.3) is 17.1 Å². The van der Waals surface area contributed by atoms with E-state index in [1.165, 1.54) is 22.9 Å². The van der Waals surface area contributed by atoms with Gasteiger partial charge in [0.25, 0.3) is 0 Å². The van der Waals surface area contributed by atoms with Gasteiger partial charge >= 0.3 is 5.97 Å². The van der Waals surface area contributed by atoms with Crippen LogP contribution in [0.2, 0.25) is 0 Å². The number of rotatable bonds is 7. The van der Waals surface area contributed by atoms with E-state index in [0.29, 0.717) is 37.7 Å². The van der Waals surface area contributed by atoms with E-state index in [0.717, 1.165) is 17.1 Å². The lowest BCUT2D eigenvalue weighted by Gasteiger charge is -2.30. The molecule has 34 heavy (non-hydrogen) atoms. The summed E-state index contributed by atoms with van der Waals surface area (Å²) in [4.78, 5) is 26.7. The van der Waals surface area contributed by atoms with Crippen molar-refractivity contribution in [3.8, 4) is 17.1 Å². The molecule has 0 radical (unpaired) electrons. The number of carbonyl (C=O) groups is 2. The molecule has 1 saturated heterocycles. The number of likely N-dealkylation sites (tertiary alicyclic amines) is 1. The van der Waals surface area contributed by atoms with Crippen molar-refractivity contribution in [3.63, 3.8) is 0 Å². The maximum absolute atomic E-state index is 12.9. The van der Waals surface area contributed by atoms with Crippen LogP contribution in [-0.4, -0.2) is 57.0 Å². The van der Waals surface area contributed by atoms with Crippen molar-refractivity contribution in [1.82, 2.24) is 19.7 Å². The van der Waals surface area contributed by atoms with Gasteiger partial charge in [0.15, 0.2) is 11.0 Å². The summed E-state index contributed by atoms with van der Waals surface area (Å²) in [7, 11) is 0. The predicted octanol–water partition coefficient (Wildman–Crippen LogP) is 4.44. The molecule has 0 saturated carbocycles. The fourth-order valence-electron chi connectivity index (χ4n) is 4.08. The third-order valence-electron chi connectivity index (χ3n) is 6.21. The minimum atomic E-state index is -0.154. The minimum absolute atomic E-state index is 0.0446. The first kappa shape index (κ1) is 24.0. The number of benzene rings is 2. The zero-order valence-corrected chi connectivity index (χ0v) is 20.7. The molecule has 1 aromatic heterocycles. The zero-order valence-electron chi connectivity index (χ0n) is 19.9. The highest BCUT2D eigenvalue weighted by Gasteiger charge is 2.28. The maximum atomic E-state index is 12.9. The van der Waals surface area contributed by atoms with Gasteiger partial charge in [0, 0.05) is 18.7 Å². The van der Waals surface area contributed by atoms with E-state index in [2.05, 4.69) is 42.2 Å². The van der Waals surface area contributed by atoms with Gasteiger partial charge in [-0.1, -0.05) is 48.2 Å². The average Bonchev–Trinajstić information content (AvgIpc) is 3.29. The normalized spacial score (nSPS) is 14.3. The first-order valence-electron chi connectivity index (χ1n) is 11.6. The largest absolute Gasteiger partial charge is 0.466 e. The average molecular weight is 479 g/mol. The number of carbonyl (C=O) groups excluding carboxylic acids is 2. The molecule has 0 spiro atoms. The van der Waals surface area contributed by atoms with Gasteiger partial charge in [-0.2, -0.15) is 0 Å². The van der Waals surface area contributed by atoms with Crippen molar-refractivity contribution in [2.24, 2.45) is 5.92 Å². The Morgan fingerprint density at radius 3 is 2.44 bits per heavy atom. The molecule has 0 N–H and O–H groups in total. The summed E-state index contributed by atoms with van der Waals surface area (Å²) in [6.45, 7) is 7.52. The summed E-state index contributed by atoms with van der Waals surface area (Å²) in [6.07, 6.45) is 1.29. The molecule has 8 heteroatoms. The van der Waals surface area contributed by atoms with Gasteiger partial charge in [0.2, 0.25) is 5.91 Å². The van der Waals surface area contributed by atoms with Gasteiger partial charge in [-0.3, -0.25) is 14.2 Å². The van der Waals surface area contributed by atoms with Crippen LogP contribution in [0.5, 0.6) is 0 Å². The van der Waals surface area contributed by atoms with Crippen molar-refractivity contribution in [3.05, 3.63) is 59.7 Å². The highest BCUT2D eigenvalue weighted by Crippen LogP contribution is 2.29. The summed E-state index contributed by atoms with van der Waals surface area (Å²) < 4.78 is 7.15. The summed E-state index contributed by atoms with van der Waals surface area (Å²) >= 11 is 1.39. The fraction of sp³-hybridized carbons (Fsp3) is 0.385. The molecule has 1 amide bonds. The lowest BCUT2D eigenvalue weighted by atomic mass is 9.97. The van der Waals surface area contributed by atoms with Crippen molar-refractivity contribution >= 4 is 23.6 Å². The van der Waals surface area contributed by atoms with Crippen LogP contribution in [0.4, 0.5) is 0 Å². The van der Waals surface area contributed by atoms with E-state index in [1.807, 2.05) is 46.7 Å². The lowest BCUT2D eigenvalue weighted by Crippen LogP contribution is -2.41. The third kappa shape index (κ3) is 5.33. The van der Waals surface area contributed by atoms with Crippen molar-refractivity contribution in [2.45, 2.75) is 38.8 Å². The Labute approximate surface area is 204 Å². The number of aryl methyl sites for hydroxylation is 2. The van der Waals surface area contributed by atoms with Crippen molar-refractivity contribution in [1.29, 1.82) is 0 Å². The molecule has 1 aliphatic heterocycles. The maximum Gasteiger partial charge on any atom is 0.309 e. The monoisotopic (exact) mass is 478 g/mol. The number of ether oxygens (including phenoxy) is 1. The Bertz CT molecular complexity index is 1150. The van der Waals surface area contributed by atoms with E-state index in [9.17, 15) is 9.59 Å². The molecule has 7 nitrogen and oxygen atoms in total. The van der Waals surface area contributed by atoms with Gasteiger partial charge in [-0.15, -0.1) is 10.2 Å². The topological polar surface area (TPSA) is 77.3 Å². The Hall–Kier alpha value is -3.13. The van der Waals surface area contributed by atoms with E-state index < -0.39 is 0 Å². The summed E-state index contributed by atoms with van der Waals surface area (Å²) in [5.41, 5.74) is 4.33. The molecule has 2 heterocycles. The van der Waals surface area contributed by atoms with Crippen LogP contribution in [0.3, 0.4) is 0 Å². The number of nitrogens with zero attached hydrogens (tertiary/aromatic N) is 4. The molecule has 0 unspecified atom stereocenters. The molecule has 3 aromatic rings. The predicted molar refractivity (Wildman–Crippen MR) is 133 cm³/mol. The van der Waals surface area contributed by atoms with Crippen LogP contribution >= 0.6 is 11.8 Å². The van der Waals surface area contributed by atoms with Gasteiger partial charge in [0.05, 0.1) is 24.0 Å². The lowest BCUT2D eigenvalue weighted by molar-refractivity contribution is -0.151. The highest BCUT2D eigenvalue weighted by molar-refractivity contribution is 7.99. The van der Waals surface area contributed by atoms with Gasteiger partial charge in [-0.25, -0.2) is 0 Å². The van der Waals surface area contributed by atoms with Crippen LogP contribution < -0.4 is 0 Å². The molecular formula is C26H30N4O3S. The number of thioether (sulfide) groups is 1. The Morgan fingerprint density at radius 2 is 1.76 bits per heavy atom. The summed E-state index contributed by atoms with van der Waals surface area (Å²) in [5, 5.41) is 9.58. The molecule has 0 atom stereocenters. The van der Waals surface area contributed by atoms with Crippen LogP contribution in [-0.2, 0) is 14.3 Å². The molecule has 0 bridgehead atoms. The number of aromatic nitrogens is 3. The fourth-order valence-corrected chi connectivity index (χ4v) is 4.93. The van der Waals surface area contributed by atoms with E-state index >= 15 is 0 Å². The highest BCUT2D eigenvalue weighted by atomic mass is 32.2. The number of piperidine rings is 1. The zero-order chi connectivity index (χ0) is 24.1. The van der Waals surface area contributed by atoms with Gasteiger partial charge in [0.1, 0.15) is 0 Å². The molecule has 1 aliphatic rings.